The fraction of sp³-hybridized carbons (Fsp3) is 0.250. The molecule has 24 heavy (non-hydrogen) atoms. The smallest absolute Gasteiger partial charge is 0.342 e. The molecule has 8 nitrogen and oxygen atoms in total. The molecule has 0 aliphatic rings. The lowest BCUT2D eigenvalue weighted by Crippen LogP contribution is -2.12. The highest BCUT2D eigenvalue weighted by molar-refractivity contribution is 5.87. The summed E-state index contributed by atoms with van der Waals surface area (Å²) in [5, 5.41) is 10.9. The summed E-state index contributed by atoms with van der Waals surface area (Å²) < 4.78 is 11.5. The maximum atomic E-state index is 11.7. The third-order valence-corrected chi connectivity index (χ3v) is 3.31. The molecule has 0 saturated carbocycles. The average molecular weight is 331 g/mol. The highest BCUT2D eigenvalue weighted by Gasteiger charge is 2.17. The Kier molecular flexibility index (Phi) is 5.67. The van der Waals surface area contributed by atoms with Gasteiger partial charge in [0.15, 0.2) is 5.82 Å². The highest BCUT2D eigenvalue weighted by atomic mass is 16.6. The van der Waals surface area contributed by atoms with Crippen molar-refractivity contribution in [3.05, 3.63) is 58.0 Å². The van der Waals surface area contributed by atoms with Crippen LogP contribution in [0.2, 0.25) is 0 Å². The number of aryl methyl sites for hydroxylation is 1. The first kappa shape index (κ1) is 17.2. The minimum Gasteiger partial charge on any atom is -0.497 e. The minimum absolute atomic E-state index is 0.0177. The predicted molar refractivity (Wildman–Crippen MR) is 86.6 cm³/mol. The summed E-state index contributed by atoms with van der Waals surface area (Å²) in [6.07, 6.45) is 4.10. The topological polar surface area (TPSA) is 96.5 Å². The Hall–Kier alpha value is -3.16. The van der Waals surface area contributed by atoms with E-state index in [0.29, 0.717) is 5.82 Å². The van der Waals surface area contributed by atoms with E-state index in [1.165, 1.54) is 16.8 Å². The molecule has 126 valence electrons. The second-order valence-corrected chi connectivity index (χ2v) is 4.85. The van der Waals surface area contributed by atoms with Gasteiger partial charge in [0.2, 0.25) is 0 Å². The van der Waals surface area contributed by atoms with E-state index in [2.05, 4.69) is 4.98 Å². The summed E-state index contributed by atoms with van der Waals surface area (Å²) in [7, 11) is 1.58. The van der Waals surface area contributed by atoms with Gasteiger partial charge in [0.25, 0.3) is 0 Å². The van der Waals surface area contributed by atoms with Gasteiger partial charge in [0.1, 0.15) is 25.1 Å². The molecule has 0 bridgehead atoms. The number of hydrogen-bond donors (Lipinski definition) is 0. The number of esters is 1. The Morgan fingerprint density at radius 3 is 2.71 bits per heavy atom. The van der Waals surface area contributed by atoms with Gasteiger partial charge < -0.3 is 19.6 Å². The van der Waals surface area contributed by atoms with Gasteiger partial charge in [0, 0.05) is 13.0 Å². The normalized spacial score (nSPS) is 10.8. The van der Waals surface area contributed by atoms with Crippen LogP contribution in [0.1, 0.15) is 11.4 Å². The lowest BCUT2D eigenvalue weighted by atomic mass is 10.2. The standard InChI is InChI=1S/C16H17N3O5/c1-12-17-11-15(19(21)22)18(12)9-10-24-16(20)8-5-13-3-6-14(23-2)7-4-13/h3-8,11H,9-10H2,1-2H3/b8-5+. The van der Waals surface area contributed by atoms with E-state index in [1.807, 2.05) is 0 Å². The zero-order valence-electron chi connectivity index (χ0n) is 13.3. The molecule has 8 heteroatoms. The molecule has 0 atom stereocenters. The van der Waals surface area contributed by atoms with E-state index in [-0.39, 0.29) is 19.0 Å². The van der Waals surface area contributed by atoms with E-state index >= 15 is 0 Å². The number of carbonyl (C=O) groups excluding carboxylic acids is 1. The van der Waals surface area contributed by atoms with Crippen molar-refractivity contribution in [2.45, 2.75) is 13.5 Å². The second kappa shape index (κ2) is 7.91. The number of nitro groups is 1. The minimum atomic E-state index is -0.522. The number of nitrogens with zero attached hydrogens (tertiary/aromatic N) is 3. The molecule has 2 rings (SSSR count). The Bertz CT molecular complexity index is 750. The van der Waals surface area contributed by atoms with Gasteiger partial charge in [-0.25, -0.2) is 14.3 Å². The molecule has 0 amide bonds. The summed E-state index contributed by atoms with van der Waals surface area (Å²) in [6.45, 7) is 1.84. The van der Waals surface area contributed by atoms with Gasteiger partial charge in [0.05, 0.1) is 7.11 Å². The van der Waals surface area contributed by atoms with Crippen LogP contribution in [0.25, 0.3) is 6.08 Å². The summed E-state index contributed by atoms with van der Waals surface area (Å²) in [5.41, 5.74) is 0.828. The first-order chi connectivity index (χ1) is 11.5. The van der Waals surface area contributed by atoms with Crippen molar-refractivity contribution >= 4 is 17.9 Å². The van der Waals surface area contributed by atoms with Crippen LogP contribution in [0, 0.1) is 17.0 Å². The maximum Gasteiger partial charge on any atom is 0.342 e. The molecule has 1 aromatic heterocycles. The molecule has 0 saturated heterocycles. The molecule has 0 N–H and O–H groups in total. The largest absolute Gasteiger partial charge is 0.497 e. The summed E-state index contributed by atoms with van der Waals surface area (Å²) in [6, 6.07) is 7.18. The van der Waals surface area contributed by atoms with Crippen LogP contribution in [0.4, 0.5) is 5.82 Å². The van der Waals surface area contributed by atoms with Crippen molar-refractivity contribution in [1.29, 1.82) is 0 Å². The van der Waals surface area contributed by atoms with Crippen molar-refractivity contribution in [3.8, 4) is 5.75 Å². The van der Waals surface area contributed by atoms with Crippen LogP contribution < -0.4 is 4.74 Å². The summed E-state index contributed by atoms with van der Waals surface area (Å²) in [5.74, 6) is 0.571. The number of aromatic nitrogens is 2. The van der Waals surface area contributed by atoms with Crippen LogP contribution in [0.15, 0.2) is 36.5 Å². The van der Waals surface area contributed by atoms with E-state index in [4.69, 9.17) is 9.47 Å². The maximum absolute atomic E-state index is 11.7. The van der Waals surface area contributed by atoms with Gasteiger partial charge >= 0.3 is 11.8 Å². The molecule has 0 fully saturated rings. The molecular formula is C16H17N3O5. The van der Waals surface area contributed by atoms with Gasteiger partial charge in [-0.3, -0.25) is 0 Å². The Morgan fingerprint density at radius 2 is 2.08 bits per heavy atom. The van der Waals surface area contributed by atoms with Crippen LogP contribution >= 0.6 is 0 Å². The Labute approximate surface area is 138 Å². The number of carbonyl (C=O) groups is 1. The van der Waals surface area contributed by atoms with Crippen molar-refractivity contribution in [1.82, 2.24) is 9.55 Å². The zero-order chi connectivity index (χ0) is 17.5. The van der Waals surface area contributed by atoms with Gasteiger partial charge in [-0.15, -0.1) is 0 Å². The van der Waals surface area contributed by atoms with Gasteiger partial charge in [-0.2, -0.15) is 0 Å². The van der Waals surface area contributed by atoms with Gasteiger partial charge in [-0.1, -0.05) is 12.1 Å². The fourth-order valence-electron chi connectivity index (χ4n) is 2.04. The molecular weight excluding hydrogens is 314 g/mol. The first-order valence-electron chi connectivity index (χ1n) is 7.16. The van der Waals surface area contributed by atoms with Crippen molar-refractivity contribution < 1.29 is 19.2 Å². The van der Waals surface area contributed by atoms with E-state index < -0.39 is 10.9 Å². The van der Waals surface area contributed by atoms with Crippen molar-refractivity contribution in [2.75, 3.05) is 13.7 Å². The number of hydrogen-bond acceptors (Lipinski definition) is 6. The van der Waals surface area contributed by atoms with E-state index in [9.17, 15) is 14.9 Å². The molecule has 2 aromatic rings. The number of rotatable bonds is 7. The monoisotopic (exact) mass is 331 g/mol. The molecule has 0 unspecified atom stereocenters. The quantitative estimate of drug-likeness (QED) is 0.334. The first-order valence-corrected chi connectivity index (χ1v) is 7.16. The number of imidazole rings is 1. The van der Waals surface area contributed by atoms with E-state index in [1.54, 1.807) is 44.4 Å². The number of methoxy groups -OCH3 is 1. The molecule has 0 aliphatic heterocycles. The average Bonchev–Trinajstić information content (AvgIpc) is 2.94. The lowest BCUT2D eigenvalue weighted by molar-refractivity contribution is -0.392. The lowest BCUT2D eigenvalue weighted by Gasteiger charge is -2.03. The van der Waals surface area contributed by atoms with Crippen LogP contribution in [-0.4, -0.2) is 34.2 Å². The highest BCUT2D eigenvalue weighted by Crippen LogP contribution is 2.14. The molecule has 0 radical (unpaired) electrons. The fourth-order valence-corrected chi connectivity index (χ4v) is 2.04. The molecule has 0 aliphatic carbocycles. The molecule has 0 spiro atoms. The van der Waals surface area contributed by atoms with E-state index in [0.717, 1.165) is 11.3 Å². The SMILES string of the molecule is COc1ccc(/C=C/C(=O)OCCn2c([N+](=O)[O-])cnc2C)cc1. The van der Waals surface area contributed by atoms with Crippen LogP contribution in [-0.2, 0) is 16.1 Å². The predicted octanol–water partition coefficient (Wildman–Crippen LogP) is 2.36. The second-order valence-electron chi connectivity index (χ2n) is 4.85. The Balaban J connectivity index is 1.86. The number of benzene rings is 1. The van der Waals surface area contributed by atoms with Crippen LogP contribution in [0.3, 0.4) is 0 Å². The van der Waals surface area contributed by atoms with Gasteiger partial charge in [-0.05, 0) is 28.7 Å². The molecule has 1 aromatic carbocycles. The Morgan fingerprint density at radius 1 is 1.38 bits per heavy atom. The summed E-state index contributed by atoms with van der Waals surface area (Å²) >= 11 is 0. The van der Waals surface area contributed by atoms with Crippen molar-refractivity contribution in [2.24, 2.45) is 0 Å². The number of ether oxygens (including phenoxy) is 2. The van der Waals surface area contributed by atoms with Crippen molar-refractivity contribution in [3.63, 3.8) is 0 Å². The van der Waals surface area contributed by atoms with Crippen LogP contribution in [0.5, 0.6) is 5.75 Å². The third kappa shape index (κ3) is 4.42. The summed E-state index contributed by atoms with van der Waals surface area (Å²) in [4.78, 5) is 25.9. The third-order valence-electron chi connectivity index (χ3n) is 3.31. The molecule has 1 heterocycles. The zero-order valence-corrected chi connectivity index (χ0v) is 13.3.